The van der Waals surface area contributed by atoms with Crippen molar-refractivity contribution in [1.82, 2.24) is 4.90 Å². The Morgan fingerprint density at radius 3 is 1.23 bits per heavy atom. The van der Waals surface area contributed by atoms with Crippen LogP contribution in [0.15, 0.2) is 24.3 Å². The Bertz CT molecular complexity index is 1220. The van der Waals surface area contributed by atoms with Crippen molar-refractivity contribution in [3.63, 3.8) is 0 Å². The lowest BCUT2D eigenvalue weighted by Gasteiger charge is -2.31. The van der Waals surface area contributed by atoms with Gasteiger partial charge in [0.1, 0.15) is 11.5 Å². The summed E-state index contributed by atoms with van der Waals surface area (Å²) in [5, 5.41) is 23.1. The maximum atomic E-state index is 11.5. The Labute approximate surface area is 289 Å². The van der Waals surface area contributed by atoms with Gasteiger partial charge in [-0.25, -0.2) is 0 Å². The summed E-state index contributed by atoms with van der Waals surface area (Å²) in [5.74, 6) is 0.594. The van der Waals surface area contributed by atoms with Gasteiger partial charge >= 0.3 is 8.80 Å². The molecule has 0 aromatic heterocycles. The molecule has 9 heteroatoms. The largest absolute Gasteiger partial charge is 0.507 e. The van der Waals surface area contributed by atoms with Gasteiger partial charge in [-0.05, 0) is 83.4 Å². The summed E-state index contributed by atoms with van der Waals surface area (Å²) in [6, 6.07) is 8.62. The number of hydrogen-bond donors (Lipinski definition) is 5. The van der Waals surface area contributed by atoms with E-state index in [1.165, 1.54) is 0 Å². The standard InChI is InChI=1S/C35H59NO5Si.C3H10OSi/c1-14-41-42(39,40)17-15-16-36(22-24-18-26(32(2,3)4)20-28(30(24)37)34(8,9)10)23-25-19-27(33(5,6)7)21-29(31(25)38)35(11,12)13;1-5(2,3)4/h18-21,37-40H,14-17,22-23H2,1-13H3;4H,1-3H3. The van der Waals surface area contributed by atoms with Gasteiger partial charge in [0.2, 0.25) is 0 Å². The van der Waals surface area contributed by atoms with E-state index >= 15 is 0 Å². The molecule has 270 valence electrons. The lowest BCUT2D eigenvalue weighted by atomic mass is 9.78. The minimum atomic E-state index is -3.74. The van der Waals surface area contributed by atoms with Crippen LogP contribution < -0.4 is 0 Å². The van der Waals surface area contributed by atoms with Crippen LogP contribution in [0.1, 0.15) is 130 Å². The first-order valence-corrected chi connectivity index (χ1v) is 22.6. The van der Waals surface area contributed by atoms with Gasteiger partial charge in [-0.15, -0.1) is 0 Å². The second-order valence-electron chi connectivity index (χ2n) is 18.2. The van der Waals surface area contributed by atoms with Crippen molar-refractivity contribution >= 4 is 17.1 Å². The van der Waals surface area contributed by atoms with Gasteiger partial charge < -0.3 is 29.0 Å². The predicted molar refractivity (Wildman–Crippen MR) is 202 cm³/mol. The second kappa shape index (κ2) is 15.9. The van der Waals surface area contributed by atoms with Gasteiger partial charge in [0, 0.05) is 36.9 Å². The van der Waals surface area contributed by atoms with E-state index in [4.69, 9.17) is 9.22 Å². The smallest absolute Gasteiger partial charge is 0.495 e. The predicted octanol–water partition coefficient (Wildman–Crippen LogP) is 8.45. The summed E-state index contributed by atoms with van der Waals surface area (Å²) in [5.41, 5.74) is 5.08. The average molecular weight is 692 g/mol. The quantitative estimate of drug-likeness (QED) is 0.159. The third-order valence-corrected chi connectivity index (χ3v) is 9.62. The van der Waals surface area contributed by atoms with Crippen LogP contribution in [0.25, 0.3) is 0 Å². The molecule has 0 atom stereocenters. The number of benzene rings is 2. The maximum Gasteiger partial charge on any atom is 0.495 e. The molecular formula is C38H69NO6Si2. The number of nitrogens with zero attached hydrogens (tertiary/aromatic N) is 1. The minimum absolute atomic E-state index is 0.106. The van der Waals surface area contributed by atoms with Gasteiger partial charge in [0.25, 0.3) is 0 Å². The first kappa shape index (κ1) is 43.3. The molecule has 0 saturated heterocycles. The highest BCUT2D eigenvalue weighted by Crippen LogP contribution is 2.40. The molecule has 0 unspecified atom stereocenters. The first-order chi connectivity index (χ1) is 20.9. The van der Waals surface area contributed by atoms with Gasteiger partial charge in [-0.3, -0.25) is 4.90 Å². The molecule has 2 aromatic carbocycles. The van der Waals surface area contributed by atoms with E-state index in [1.54, 1.807) is 6.92 Å². The van der Waals surface area contributed by atoms with Crippen LogP contribution in [0.4, 0.5) is 0 Å². The SMILES string of the molecule is CCO[Si](O)(O)CCCN(Cc1cc(C(C)(C)C)cc(C(C)(C)C)c1O)Cc1cc(C(C)(C)C)cc(C(C)(C)C)c1O.C[Si](C)(C)O. The fourth-order valence-electron chi connectivity index (χ4n) is 5.17. The van der Waals surface area contributed by atoms with Crippen molar-refractivity contribution in [2.24, 2.45) is 0 Å². The van der Waals surface area contributed by atoms with Crippen molar-refractivity contribution in [2.75, 3.05) is 13.2 Å². The van der Waals surface area contributed by atoms with E-state index in [1.807, 2.05) is 19.6 Å². The maximum absolute atomic E-state index is 11.5. The molecule has 2 aromatic rings. The summed E-state index contributed by atoms with van der Waals surface area (Å²) in [7, 11) is -5.35. The molecule has 2 rings (SSSR count). The van der Waals surface area contributed by atoms with Crippen LogP contribution in [-0.4, -0.2) is 59.8 Å². The van der Waals surface area contributed by atoms with Gasteiger partial charge in [0.05, 0.1) is 0 Å². The Balaban J connectivity index is 0.00000204. The lowest BCUT2D eigenvalue weighted by Crippen LogP contribution is -2.39. The number of phenols is 2. The number of rotatable bonds is 10. The monoisotopic (exact) mass is 691 g/mol. The van der Waals surface area contributed by atoms with Crippen molar-refractivity contribution in [3.05, 3.63) is 57.6 Å². The molecule has 0 saturated carbocycles. The average Bonchev–Trinajstić information content (AvgIpc) is 2.82. The second-order valence-corrected chi connectivity index (χ2v) is 24.8. The first-order valence-electron chi connectivity index (χ1n) is 17.1. The fourth-order valence-corrected chi connectivity index (χ4v) is 6.40. The molecule has 0 heterocycles. The highest BCUT2D eigenvalue weighted by Gasteiger charge is 2.32. The highest BCUT2D eigenvalue weighted by atomic mass is 28.4. The van der Waals surface area contributed by atoms with Crippen molar-refractivity contribution in [3.8, 4) is 11.5 Å². The number of hydrogen-bond acceptors (Lipinski definition) is 7. The third-order valence-electron chi connectivity index (χ3n) is 7.87. The fraction of sp³-hybridized carbons (Fsp3) is 0.684. The molecule has 0 fully saturated rings. The zero-order chi connectivity index (χ0) is 37.0. The Morgan fingerprint density at radius 2 is 0.957 bits per heavy atom. The van der Waals surface area contributed by atoms with Crippen LogP contribution in [0.2, 0.25) is 25.7 Å². The van der Waals surface area contributed by atoms with Crippen LogP contribution in [0, 0.1) is 0 Å². The molecule has 7 nitrogen and oxygen atoms in total. The Kier molecular flexibility index (Phi) is 14.6. The van der Waals surface area contributed by atoms with E-state index in [2.05, 4.69) is 112 Å². The Hall–Kier alpha value is -1.73. The summed E-state index contributed by atoms with van der Waals surface area (Å²) >= 11 is 0. The highest BCUT2D eigenvalue weighted by molar-refractivity contribution is 6.68. The number of aromatic hydroxyl groups is 2. The zero-order valence-electron chi connectivity index (χ0n) is 32.6. The topological polar surface area (TPSA) is 114 Å². The summed E-state index contributed by atoms with van der Waals surface area (Å²) in [6.07, 6.45) is 0.511. The molecule has 0 bridgehead atoms. The molecular weight excluding hydrogens is 623 g/mol. The third kappa shape index (κ3) is 14.7. The van der Waals surface area contributed by atoms with Crippen molar-refractivity contribution in [1.29, 1.82) is 0 Å². The van der Waals surface area contributed by atoms with Crippen molar-refractivity contribution < 1.29 is 29.0 Å². The van der Waals surface area contributed by atoms with E-state index in [9.17, 15) is 19.8 Å². The van der Waals surface area contributed by atoms with E-state index in [0.717, 1.165) is 33.4 Å². The van der Waals surface area contributed by atoms with Gasteiger partial charge in [-0.2, -0.15) is 0 Å². The van der Waals surface area contributed by atoms with Crippen LogP contribution in [0.3, 0.4) is 0 Å². The van der Waals surface area contributed by atoms with E-state index < -0.39 is 17.1 Å². The molecule has 5 N–H and O–H groups in total. The molecule has 0 spiro atoms. The summed E-state index contributed by atoms with van der Waals surface area (Å²) in [4.78, 5) is 31.6. The van der Waals surface area contributed by atoms with E-state index in [-0.39, 0.29) is 34.3 Å². The van der Waals surface area contributed by atoms with Crippen LogP contribution >= 0.6 is 0 Å². The molecule has 0 radical (unpaired) electrons. The normalized spacial score (nSPS) is 13.5. The van der Waals surface area contributed by atoms with Crippen LogP contribution in [-0.2, 0) is 39.2 Å². The van der Waals surface area contributed by atoms with Crippen LogP contribution in [0.5, 0.6) is 11.5 Å². The molecule has 0 amide bonds. The summed E-state index contributed by atoms with van der Waals surface area (Å²) < 4.78 is 5.25. The molecule has 47 heavy (non-hydrogen) atoms. The van der Waals surface area contributed by atoms with Crippen molar-refractivity contribution in [2.45, 2.75) is 157 Å². The molecule has 0 aliphatic heterocycles. The van der Waals surface area contributed by atoms with Gasteiger partial charge in [0.15, 0.2) is 8.32 Å². The lowest BCUT2D eigenvalue weighted by molar-refractivity contribution is 0.151. The Morgan fingerprint density at radius 1 is 0.617 bits per heavy atom. The van der Waals surface area contributed by atoms with Gasteiger partial charge in [-0.1, -0.05) is 107 Å². The molecule has 0 aliphatic rings. The van der Waals surface area contributed by atoms with E-state index in [0.29, 0.717) is 37.6 Å². The minimum Gasteiger partial charge on any atom is -0.507 e. The zero-order valence-corrected chi connectivity index (χ0v) is 34.6. The molecule has 0 aliphatic carbocycles. The number of phenolic OH excluding ortho intramolecular Hbond substituents is 2. The summed E-state index contributed by atoms with van der Waals surface area (Å²) in [6.45, 7) is 34.8.